The van der Waals surface area contributed by atoms with Gasteiger partial charge in [-0.2, -0.15) is 5.26 Å². The minimum Gasteiger partial charge on any atom is -0.468 e. The van der Waals surface area contributed by atoms with Crippen molar-refractivity contribution in [3.63, 3.8) is 0 Å². The number of halogens is 2. The summed E-state index contributed by atoms with van der Waals surface area (Å²) in [6.07, 6.45) is 0. The molecule has 2 atom stereocenters. The van der Waals surface area contributed by atoms with Crippen molar-refractivity contribution in [1.82, 2.24) is 5.32 Å². The van der Waals surface area contributed by atoms with Gasteiger partial charge < -0.3 is 15.4 Å². The van der Waals surface area contributed by atoms with Crippen LogP contribution in [0.2, 0.25) is 5.02 Å². The van der Waals surface area contributed by atoms with Crippen LogP contribution in [0.4, 0.5) is 5.69 Å². The molecule has 0 fully saturated rings. The van der Waals surface area contributed by atoms with Gasteiger partial charge in [0.15, 0.2) is 0 Å². The summed E-state index contributed by atoms with van der Waals surface area (Å²) in [5, 5.41) is 16.1. The number of rotatable bonds is 6. The summed E-state index contributed by atoms with van der Waals surface area (Å²) >= 11 is 10.5. The maximum absolute atomic E-state index is 12.9. The monoisotopic (exact) mass is 547 g/mol. The molecule has 0 saturated carbocycles. The molecule has 0 spiro atoms. The van der Waals surface area contributed by atoms with Gasteiger partial charge >= 0.3 is 5.97 Å². The van der Waals surface area contributed by atoms with Crippen LogP contribution in [-0.4, -0.2) is 30.6 Å². The molecule has 3 rings (SSSR count). The summed E-state index contributed by atoms with van der Waals surface area (Å²) in [7, 11) is 1.19. The van der Waals surface area contributed by atoms with Crippen LogP contribution in [0.15, 0.2) is 57.5 Å². The Kier molecular flexibility index (Phi) is 8.19. The predicted molar refractivity (Wildman–Crippen MR) is 130 cm³/mol. The van der Waals surface area contributed by atoms with Gasteiger partial charge in [0.1, 0.15) is 5.92 Å². The standard InChI is InChI=1S/C23H19BrClN3O4S/c1-12-16(25)7-4-8-17(12)27-18(29)11-33-22-15(10-26)19(13-5-3-6-14(24)9-13)20(21(30)28-22)23(31)32-2/h3-9,19-20H,11H2,1-2H3,(H,27,29)(H,28,30)/t19-,20+/m0/s1. The van der Waals surface area contributed by atoms with E-state index in [0.717, 1.165) is 21.8 Å². The number of carbonyl (C=O) groups excluding carboxylic acids is 3. The Morgan fingerprint density at radius 1 is 1.30 bits per heavy atom. The number of esters is 1. The van der Waals surface area contributed by atoms with Crippen molar-refractivity contribution >= 4 is 62.8 Å². The quantitative estimate of drug-likeness (QED) is 0.406. The summed E-state index contributed by atoms with van der Waals surface area (Å²) in [6.45, 7) is 1.79. The number of anilines is 1. The lowest BCUT2D eigenvalue weighted by Gasteiger charge is -2.31. The minimum atomic E-state index is -1.23. The van der Waals surface area contributed by atoms with Gasteiger partial charge in [0.2, 0.25) is 11.8 Å². The van der Waals surface area contributed by atoms with Crippen LogP contribution >= 0.6 is 39.3 Å². The van der Waals surface area contributed by atoms with Crippen LogP contribution in [0.3, 0.4) is 0 Å². The number of nitriles is 1. The number of allylic oxidation sites excluding steroid dienone is 1. The number of nitrogens with one attached hydrogen (secondary N) is 2. The molecule has 0 bridgehead atoms. The maximum atomic E-state index is 12.9. The summed E-state index contributed by atoms with van der Waals surface area (Å²) in [4.78, 5) is 37.8. The highest BCUT2D eigenvalue weighted by molar-refractivity contribution is 9.10. The van der Waals surface area contributed by atoms with Gasteiger partial charge in [0.25, 0.3) is 0 Å². The SMILES string of the molecule is COC(=O)[C@H]1C(=O)NC(SCC(=O)Nc2cccc(Cl)c2C)=C(C#N)[C@@H]1c1cccc(Br)c1. The first-order chi connectivity index (χ1) is 15.8. The Bertz CT molecular complexity index is 1190. The van der Waals surface area contributed by atoms with E-state index in [-0.39, 0.29) is 22.3 Å². The molecule has 10 heteroatoms. The number of hydrogen-bond acceptors (Lipinski definition) is 6. The smallest absolute Gasteiger partial charge is 0.319 e. The normalized spacial score (nSPS) is 17.7. The number of methoxy groups -OCH3 is 1. The molecule has 1 aliphatic heterocycles. The van der Waals surface area contributed by atoms with Crippen molar-refractivity contribution in [3.8, 4) is 6.07 Å². The highest BCUT2D eigenvalue weighted by atomic mass is 79.9. The third-order valence-electron chi connectivity index (χ3n) is 5.08. The lowest BCUT2D eigenvalue weighted by atomic mass is 9.78. The molecule has 2 aromatic rings. The third kappa shape index (κ3) is 5.58. The Labute approximate surface area is 208 Å². The third-order valence-corrected chi connectivity index (χ3v) is 7.00. The molecule has 0 saturated heterocycles. The van der Waals surface area contributed by atoms with Crippen molar-refractivity contribution in [1.29, 1.82) is 5.26 Å². The summed E-state index contributed by atoms with van der Waals surface area (Å²) in [6, 6.07) is 14.3. The van der Waals surface area contributed by atoms with Gasteiger partial charge in [-0.05, 0) is 42.3 Å². The molecule has 0 radical (unpaired) electrons. The number of nitrogens with zero attached hydrogens (tertiary/aromatic N) is 1. The molecular weight excluding hydrogens is 530 g/mol. The molecule has 1 aliphatic rings. The minimum absolute atomic E-state index is 0.0686. The van der Waals surface area contributed by atoms with Gasteiger partial charge in [0.05, 0.1) is 29.5 Å². The first kappa shape index (κ1) is 24.8. The molecule has 33 heavy (non-hydrogen) atoms. The van der Waals surface area contributed by atoms with E-state index >= 15 is 0 Å². The van der Waals surface area contributed by atoms with Crippen molar-refractivity contribution in [2.45, 2.75) is 12.8 Å². The summed E-state index contributed by atoms with van der Waals surface area (Å²) in [5.74, 6) is -3.83. The van der Waals surface area contributed by atoms with E-state index in [1.807, 2.05) is 0 Å². The Hall–Kier alpha value is -2.80. The number of amides is 2. The van der Waals surface area contributed by atoms with Crippen LogP contribution in [0.1, 0.15) is 17.0 Å². The van der Waals surface area contributed by atoms with Crippen LogP contribution < -0.4 is 10.6 Å². The zero-order valence-corrected chi connectivity index (χ0v) is 20.8. The largest absolute Gasteiger partial charge is 0.468 e. The lowest BCUT2D eigenvalue weighted by molar-refractivity contribution is -0.150. The summed E-state index contributed by atoms with van der Waals surface area (Å²) < 4.78 is 5.56. The van der Waals surface area contributed by atoms with Gasteiger partial charge in [-0.1, -0.05) is 57.5 Å². The second kappa shape index (κ2) is 10.9. The molecular formula is C23H19BrClN3O4S. The first-order valence-electron chi connectivity index (χ1n) is 9.73. The second-order valence-corrected chi connectivity index (χ2v) is 9.44. The molecule has 7 nitrogen and oxygen atoms in total. The molecule has 0 aliphatic carbocycles. The predicted octanol–water partition coefficient (Wildman–Crippen LogP) is 4.52. The molecule has 0 unspecified atom stereocenters. The fraction of sp³-hybridized carbons (Fsp3) is 0.217. The Morgan fingerprint density at radius 3 is 2.70 bits per heavy atom. The topological polar surface area (TPSA) is 108 Å². The van der Waals surface area contributed by atoms with E-state index in [0.29, 0.717) is 16.3 Å². The highest BCUT2D eigenvalue weighted by Crippen LogP contribution is 2.40. The van der Waals surface area contributed by atoms with E-state index in [1.165, 1.54) is 7.11 Å². The fourth-order valence-corrected chi connectivity index (χ4v) is 4.89. The van der Waals surface area contributed by atoms with Crippen LogP contribution in [0.5, 0.6) is 0 Å². The Morgan fingerprint density at radius 2 is 2.03 bits per heavy atom. The van der Waals surface area contributed by atoms with Crippen molar-refractivity contribution in [2.75, 3.05) is 18.2 Å². The average Bonchev–Trinajstić information content (AvgIpc) is 2.79. The second-order valence-electron chi connectivity index (χ2n) is 7.13. The van der Waals surface area contributed by atoms with Crippen molar-refractivity contribution < 1.29 is 19.1 Å². The lowest BCUT2D eigenvalue weighted by Crippen LogP contribution is -2.44. The summed E-state index contributed by atoms with van der Waals surface area (Å²) in [5.41, 5.74) is 2.09. The van der Waals surface area contributed by atoms with Crippen LogP contribution in [-0.2, 0) is 19.1 Å². The van der Waals surface area contributed by atoms with Crippen LogP contribution in [0.25, 0.3) is 0 Å². The van der Waals surface area contributed by atoms with Gasteiger partial charge in [0, 0.05) is 21.1 Å². The van der Waals surface area contributed by atoms with E-state index in [2.05, 4.69) is 32.6 Å². The molecule has 1 heterocycles. The molecule has 0 aromatic heterocycles. The molecule has 2 amide bonds. The number of benzene rings is 2. The molecule has 170 valence electrons. The number of carbonyl (C=O) groups is 3. The van der Waals surface area contributed by atoms with Crippen molar-refractivity contribution in [3.05, 3.63) is 73.7 Å². The maximum Gasteiger partial charge on any atom is 0.319 e. The van der Waals surface area contributed by atoms with E-state index in [1.54, 1.807) is 49.4 Å². The van der Waals surface area contributed by atoms with Crippen molar-refractivity contribution in [2.24, 2.45) is 5.92 Å². The van der Waals surface area contributed by atoms with E-state index in [9.17, 15) is 19.6 Å². The number of ether oxygens (including phenoxy) is 1. The van der Waals surface area contributed by atoms with Gasteiger partial charge in [-0.25, -0.2) is 0 Å². The fourth-order valence-electron chi connectivity index (χ4n) is 3.45. The number of thioether (sulfide) groups is 1. The zero-order chi connectivity index (χ0) is 24.1. The van der Waals surface area contributed by atoms with E-state index in [4.69, 9.17) is 16.3 Å². The van der Waals surface area contributed by atoms with Crippen LogP contribution in [0, 0.1) is 24.2 Å². The highest BCUT2D eigenvalue weighted by Gasteiger charge is 2.44. The van der Waals surface area contributed by atoms with Gasteiger partial charge in [-0.3, -0.25) is 14.4 Å². The number of hydrogen-bond donors (Lipinski definition) is 2. The van der Waals surface area contributed by atoms with E-state index < -0.39 is 23.7 Å². The Balaban J connectivity index is 1.90. The average molecular weight is 549 g/mol. The molecule has 2 N–H and O–H groups in total. The first-order valence-corrected chi connectivity index (χ1v) is 11.9. The zero-order valence-electron chi connectivity index (χ0n) is 17.6. The van der Waals surface area contributed by atoms with Gasteiger partial charge in [-0.15, -0.1) is 0 Å². The molecule has 2 aromatic carbocycles.